The summed E-state index contributed by atoms with van der Waals surface area (Å²) in [6, 6.07) is 37.0. The summed E-state index contributed by atoms with van der Waals surface area (Å²) in [6.07, 6.45) is 0. The van der Waals surface area contributed by atoms with Gasteiger partial charge in [0.15, 0.2) is 10.1 Å². The van der Waals surface area contributed by atoms with Gasteiger partial charge in [-0.3, -0.25) is 0 Å². The number of aromatic nitrogens is 3. The normalized spacial score (nSPS) is 11.0. The van der Waals surface area contributed by atoms with Crippen molar-refractivity contribution in [3.05, 3.63) is 125 Å². The fraction of sp³-hybridized carbons (Fsp3) is 0.0312. The third-order valence-corrected chi connectivity index (χ3v) is 7.37. The molecule has 0 aliphatic rings. The first kappa shape index (κ1) is 26.1. The van der Waals surface area contributed by atoms with Crippen LogP contribution < -0.4 is 5.32 Å². The number of nitrogens with zero attached hydrogens (tertiary/aromatic N) is 6. The van der Waals surface area contributed by atoms with Crippen LogP contribution in [0.25, 0.3) is 28.3 Å². The molecule has 198 valence electrons. The maximum Gasteiger partial charge on any atom is 0.189 e. The Morgan fingerprint density at radius 1 is 0.829 bits per heavy atom. The minimum absolute atomic E-state index is 0.399. The van der Waals surface area contributed by atoms with Gasteiger partial charge in [-0.2, -0.15) is 10.4 Å². The Labute approximate surface area is 246 Å². The Bertz CT molecular complexity index is 1870. The fourth-order valence-corrected chi connectivity index (χ4v) is 5.20. The monoisotopic (exact) mass is 571 g/mol. The molecule has 41 heavy (non-hydrogen) atoms. The third kappa shape index (κ3) is 5.63. The smallest absolute Gasteiger partial charge is 0.189 e. The van der Waals surface area contributed by atoms with E-state index in [0.717, 1.165) is 22.5 Å². The summed E-state index contributed by atoms with van der Waals surface area (Å²) in [5.41, 5.74) is 6.31. The van der Waals surface area contributed by atoms with Gasteiger partial charge >= 0.3 is 0 Å². The van der Waals surface area contributed by atoms with Crippen molar-refractivity contribution >= 4 is 44.4 Å². The van der Waals surface area contributed by atoms with Crippen LogP contribution in [0.15, 0.2) is 119 Å². The SMILES string of the molecule is Cc1ccc(-n2nc(-c3nc(Nc4ccccc4)sc3/N=N/c3ccc(Cl)cc3)c(C#N)c2-c2ccccc2)cc1. The molecule has 0 saturated carbocycles. The van der Waals surface area contributed by atoms with Crippen molar-refractivity contribution in [1.29, 1.82) is 5.26 Å². The molecule has 0 fully saturated rings. The van der Waals surface area contributed by atoms with Gasteiger partial charge in [0.05, 0.1) is 17.1 Å². The highest BCUT2D eigenvalue weighted by Crippen LogP contribution is 2.43. The van der Waals surface area contributed by atoms with E-state index in [2.05, 4.69) is 21.6 Å². The zero-order valence-electron chi connectivity index (χ0n) is 21.9. The average Bonchev–Trinajstić information content (AvgIpc) is 3.59. The van der Waals surface area contributed by atoms with Gasteiger partial charge in [-0.15, -0.1) is 10.2 Å². The van der Waals surface area contributed by atoms with Crippen LogP contribution in [-0.4, -0.2) is 14.8 Å². The second kappa shape index (κ2) is 11.6. The van der Waals surface area contributed by atoms with Gasteiger partial charge in [0.1, 0.15) is 23.0 Å². The van der Waals surface area contributed by atoms with Crippen molar-refractivity contribution in [2.75, 3.05) is 5.32 Å². The summed E-state index contributed by atoms with van der Waals surface area (Å²) in [7, 11) is 0. The highest BCUT2D eigenvalue weighted by Gasteiger charge is 2.26. The quantitative estimate of drug-likeness (QED) is 0.193. The summed E-state index contributed by atoms with van der Waals surface area (Å²) in [6.45, 7) is 2.03. The van der Waals surface area contributed by atoms with Crippen LogP contribution in [0.5, 0.6) is 0 Å². The number of rotatable bonds is 7. The second-order valence-electron chi connectivity index (χ2n) is 9.14. The van der Waals surface area contributed by atoms with Crippen LogP contribution in [0.3, 0.4) is 0 Å². The van der Waals surface area contributed by atoms with Crippen molar-refractivity contribution in [2.45, 2.75) is 6.92 Å². The molecule has 2 heterocycles. The number of benzene rings is 4. The number of para-hydroxylation sites is 1. The molecule has 6 aromatic rings. The predicted molar refractivity (Wildman–Crippen MR) is 165 cm³/mol. The lowest BCUT2D eigenvalue weighted by molar-refractivity contribution is 0.889. The summed E-state index contributed by atoms with van der Waals surface area (Å²) in [4.78, 5) is 4.87. The molecule has 1 N–H and O–H groups in total. The number of halogens is 1. The molecule has 7 nitrogen and oxygen atoms in total. The highest BCUT2D eigenvalue weighted by atomic mass is 35.5. The number of hydrogen-bond acceptors (Lipinski definition) is 7. The lowest BCUT2D eigenvalue weighted by Crippen LogP contribution is -1.99. The van der Waals surface area contributed by atoms with E-state index in [1.54, 1.807) is 28.9 Å². The van der Waals surface area contributed by atoms with Gasteiger partial charge < -0.3 is 5.32 Å². The largest absolute Gasteiger partial charge is 0.331 e. The molecule has 0 aliphatic heterocycles. The van der Waals surface area contributed by atoms with Crippen LogP contribution in [0.4, 0.5) is 21.5 Å². The zero-order valence-corrected chi connectivity index (χ0v) is 23.4. The van der Waals surface area contributed by atoms with E-state index in [0.29, 0.717) is 43.5 Å². The zero-order chi connectivity index (χ0) is 28.2. The third-order valence-electron chi connectivity index (χ3n) is 6.26. The fourth-order valence-electron chi connectivity index (χ4n) is 4.27. The van der Waals surface area contributed by atoms with Crippen molar-refractivity contribution in [3.8, 4) is 34.4 Å². The van der Waals surface area contributed by atoms with Crippen LogP contribution in [0.2, 0.25) is 5.02 Å². The summed E-state index contributed by atoms with van der Waals surface area (Å²) in [5, 5.41) is 29.5. The molecule has 9 heteroatoms. The van der Waals surface area contributed by atoms with Crippen molar-refractivity contribution in [1.82, 2.24) is 14.8 Å². The second-order valence-corrected chi connectivity index (χ2v) is 10.6. The Balaban J connectivity index is 1.54. The van der Waals surface area contributed by atoms with Gasteiger partial charge in [-0.25, -0.2) is 9.67 Å². The summed E-state index contributed by atoms with van der Waals surface area (Å²) in [5.74, 6) is 0. The van der Waals surface area contributed by atoms with E-state index in [4.69, 9.17) is 21.7 Å². The number of aryl methyl sites for hydroxylation is 1. The van der Waals surface area contributed by atoms with Crippen molar-refractivity contribution in [2.24, 2.45) is 10.2 Å². The lowest BCUT2D eigenvalue weighted by atomic mass is 10.0. The first-order chi connectivity index (χ1) is 20.1. The minimum atomic E-state index is 0.399. The van der Waals surface area contributed by atoms with E-state index in [1.807, 2.05) is 91.9 Å². The van der Waals surface area contributed by atoms with Gasteiger partial charge in [0.25, 0.3) is 0 Å². The van der Waals surface area contributed by atoms with Gasteiger partial charge in [0.2, 0.25) is 0 Å². The summed E-state index contributed by atoms with van der Waals surface area (Å²) >= 11 is 7.38. The minimum Gasteiger partial charge on any atom is -0.331 e. The molecule has 0 amide bonds. The average molecular weight is 572 g/mol. The maximum absolute atomic E-state index is 10.5. The van der Waals surface area contributed by atoms with Gasteiger partial charge in [0, 0.05) is 16.3 Å². The van der Waals surface area contributed by atoms with Crippen molar-refractivity contribution in [3.63, 3.8) is 0 Å². The molecule has 0 spiro atoms. The maximum atomic E-state index is 10.5. The molecule has 0 unspecified atom stereocenters. The molecule has 0 saturated heterocycles. The first-order valence-corrected chi connectivity index (χ1v) is 13.9. The van der Waals surface area contributed by atoms with E-state index in [-0.39, 0.29) is 0 Å². The molecule has 0 aliphatic carbocycles. The van der Waals surface area contributed by atoms with Crippen LogP contribution >= 0.6 is 22.9 Å². The molecule has 4 aromatic carbocycles. The topological polar surface area (TPSA) is 91.2 Å². The molecule has 0 bridgehead atoms. The van der Waals surface area contributed by atoms with Gasteiger partial charge in [-0.05, 0) is 55.5 Å². The van der Waals surface area contributed by atoms with E-state index < -0.39 is 0 Å². The number of nitrogens with one attached hydrogen (secondary N) is 1. The Morgan fingerprint density at radius 2 is 1.51 bits per heavy atom. The number of azo groups is 1. The molecule has 2 aromatic heterocycles. The Morgan fingerprint density at radius 3 is 2.20 bits per heavy atom. The number of anilines is 2. The van der Waals surface area contributed by atoms with Gasteiger partial charge in [-0.1, -0.05) is 89.2 Å². The Hall–Kier alpha value is -5.10. The number of nitriles is 1. The highest BCUT2D eigenvalue weighted by molar-refractivity contribution is 7.19. The predicted octanol–water partition coefficient (Wildman–Crippen LogP) is 9.66. The van der Waals surface area contributed by atoms with Crippen molar-refractivity contribution < 1.29 is 0 Å². The Kier molecular flexibility index (Phi) is 7.37. The first-order valence-electron chi connectivity index (χ1n) is 12.8. The van der Waals surface area contributed by atoms with E-state index in [9.17, 15) is 5.26 Å². The standard InChI is InChI=1S/C32H22ClN7S/c1-21-12-18-26(19-13-21)40-30(22-8-4-2-5-9-22)27(20-34)28(39-40)29-31(38-37-25-16-14-23(33)15-17-25)41-32(36-29)35-24-10-6-3-7-11-24/h2-19H,1H3,(H,35,36)/b38-37+. The number of thiazole rings is 1. The number of hydrogen-bond donors (Lipinski definition) is 1. The molecular formula is C32H22ClN7S. The van der Waals surface area contributed by atoms with E-state index >= 15 is 0 Å². The molecular weight excluding hydrogens is 550 g/mol. The van der Waals surface area contributed by atoms with Crippen LogP contribution in [0, 0.1) is 18.3 Å². The van der Waals surface area contributed by atoms with Crippen LogP contribution in [-0.2, 0) is 0 Å². The molecule has 6 rings (SSSR count). The molecule has 0 radical (unpaired) electrons. The molecule has 0 atom stereocenters. The van der Waals surface area contributed by atoms with Crippen LogP contribution in [0.1, 0.15) is 11.1 Å². The lowest BCUT2D eigenvalue weighted by Gasteiger charge is -2.08. The summed E-state index contributed by atoms with van der Waals surface area (Å²) < 4.78 is 1.80. The van der Waals surface area contributed by atoms with E-state index in [1.165, 1.54) is 11.3 Å².